The lowest BCUT2D eigenvalue weighted by atomic mass is 10.2. The van der Waals surface area contributed by atoms with Gasteiger partial charge in [0.1, 0.15) is 0 Å². The standard InChI is InChI=1S/C16H16ClN5O.H2O/c1-10-7-22-15(23)13-14(18-9-20(13)2)21(16(22)19-10)8-11-3-5-12(17)6-4-11;/h3-6,9-10H,7-8H2,1-2H3;1H2. The second-order valence-corrected chi connectivity index (χ2v) is 6.37. The predicted molar refractivity (Wildman–Crippen MR) is 92.4 cm³/mol. The van der Waals surface area contributed by atoms with Gasteiger partial charge < -0.3 is 10.0 Å². The number of aryl methyl sites for hydroxylation is 1. The Balaban J connectivity index is 0.00000169. The highest BCUT2D eigenvalue weighted by molar-refractivity contribution is 6.30. The van der Waals surface area contributed by atoms with Crippen molar-refractivity contribution in [3.63, 3.8) is 0 Å². The number of aliphatic imine (C=N–C) groups is 1. The zero-order chi connectivity index (χ0) is 16.1. The highest BCUT2D eigenvalue weighted by Crippen LogP contribution is 2.31. The summed E-state index contributed by atoms with van der Waals surface area (Å²) in [6.07, 6.45) is 1.67. The van der Waals surface area contributed by atoms with Crippen LogP contribution in [0.25, 0.3) is 0 Å². The molecule has 1 amide bonds. The van der Waals surface area contributed by atoms with Crippen LogP contribution in [0.3, 0.4) is 0 Å². The van der Waals surface area contributed by atoms with E-state index in [0.717, 1.165) is 5.56 Å². The molecule has 1 atom stereocenters. The lowest BCUT2D eigenvalue weighted by molar-refractivity contribution is 0.0837. The highest BCUT2D eigenvalue weighted by Gasteiger charge is 2.41. The average molecular weight is 348 g/mol. The van der Waals surface area contributed by atoms with E-state index in [1.54, 1.807) is 15.8 Å². The van der Waals surface area contributed by atoms with Crippen molar-refractivity contribution in [2.75, 3.05) is 11.4 Å². The van der Waals surface area contributed by atoms with Gasteiger partial charge in [-0.05, 0) is 24.6 Å². The molecule has 8 heteroatoms. The van der Waals surface area contributed by atoms with Crippen LogP contribution in [0.2, 0.25) is 5.02 Å². The Hall–Kier alpha value is -2.38. The van der Waals surface area contributed by atoms with Crippen LogP contribution >= 0.6 is 11.6 Å². The first-order valence-corrected chi connectivity index (χ1v) is 7.85. The van der Waals surface area contributed by atoms with Gasteiger partial charge in [0.25, 0.3) is 5.91 Å². The summed E-state index contributed by atoms with van der Waals surface area (Å²) in [5.74, 6) is 1.32. The van der Waals surface area contributed by atoms with E-state index in [2.05, 4.69) is 9.98 Å². The van der Waals surface area contributed by atoms with Crippen LogP contribution in [0.5, 0.6) is 0 Å². The fraction of sp³-hybridized carbons (Fsp3) is 0.312. The molecule has 0 saturated carbocycles. The molecule has 0 aliphatic carbocycles. The van der Waals surface area contributed by atoms with Gasteiger partial charge in [-0.15, -0.1) is 0 Å². The molecular formula is C16H18ClN5O2. The number of amides is 1. The molecule has 4 rings (SSSR count). The summed E-state index contributed by atoms with van der Waals surface area (Å²) in [6, 6.07) is 7.77. The third-order valence-electron chi connectivity index (χ3n) is 4.14. The maximum Gasteiger partial charge on any atom is 0.281 e. The van der Waals surface area contributed by atoms with Gasteiger partial charge in [0.2, 0.25) is 5.96 Å². The Kier molecular flexibility index (Phi) is 4.06. The number of benzene rings is 1. The number of rotatable bonds is 2. The lowest BCUT2D eigenvalue weighted by Gasteiger charge is -2.33. The predicted octanol–water partition coefficient (Wildman–Crippen LogP) is 1.47. The Labute approximate surface area is 144 Å². The number of fused-ring (bicyclic) bond motifs is 2. The molecule has 1 aromatic carbocycles. The van der Waals surface area contributed by atoms with Crippen LogP contribution in [-0.4, -0.2) is 44.4 Å². The molecule has 3 heterocycles. The zero-order valence-corrected chi connectivity index (χ0v) is 14.2. The SMILES string of the molecule is CC1CN2C(=O)c3c(ncn3C)N(Cc3ccc(Cl)cc3)C2=N1.O. The van der Waals surface area contributed by atoms with Gasteiger partial charge in [-0.2, -0.15) is 0 Å². The molecule has 0 bridgehead atoms. The number of guanidine groups is 1. The third-order valence-corrected chi connectivity index (χ3v) is 4.39. The number of anilines is 1. The molecule has 1 aromatic heterocycles. The maximum absolute atomic E-state index is 12.7. The van der Waals surface area contributed by atoms with E-state index >= 15 is 0 Å². The molecule has 0 spiro atoms. The van der Waals surface area contributed by atoms with E-state index in [0.29, 0.717) is 35.6 Å². The molecule has 7 nitrogen and oxygen atoms in total. The van der Waals surface area contributed by atoms with Gasteiger partial charge in [0, 0.05) is 12.1 Å². The topological polar surface area (TPSA) is 85.2 Å². The van der Waals surface area contributed by atoms with E-state index in [1.165, 1.54) is 0 Å². The van der Waals surface area contributed by atoms with Crippen molar-refractivity contribution < 1.29 is 10.3 Å². The smallest absolute Gasteiger partial charge is 0.281 e. The second kappa shape index (κ2) is 5.92. The fourth-order valence-corrected chi connectivity index (χ4v) is 3.17. The van der Waals surface area contributed by atoms with Crippen molar-refractivity contribution >= 4 is 29.3 Å². The Morgan fingerprint density at radius 2 is 2.00 bits per heavy atom. The number of aromatic nitrogens is 2. The van der Waals surface area contributed by atoms with Crippen LogP contribution in [0.15, 0.2) is 35.6 Å². The van der Waals surface area contributed by atoms with Crippen LogP contribution < -0.4 is 4.90 Å². The van der Waals surface area contributed by atoms with Gasteiger partial charge in [-0.25, -0.2) is 9.98 Å². The van der Waals surface area contributed by atoms with Crippen molar-refractivity contribution in [2.24, 2.45) is 12.0 Å². The minimum atomic E-state index is -0.0320. The first-order valence-electron chi connectivity index (χ1n) is 7.47. The van der Waals surface area contributed by atoms with Crippen LogP contribution in [0, 0.1) is 0 Å². The minimum Gasteiger partial charge on any atom is -0.412 e. The zero-order valence-electron chi connectivity index (χ0n) is 13.4. The van der Waals surface area contributed by atoms with Crippen molar-refractivity contribution in [1.29, 1.82) is 0 Å². The van der Waals surface area contributed by atoms with Gasteiger partial charge in [-0.1, -0.05) is 23.7 Å². The molecule has 0 radical (unpaired) electrons. The normalized spacial score (nSPS) is 18.9. The summed E-state index contributed by atoms with van der Waals surface area (Å²) < 4.78 is 1.77. The van der Waals surface area contributed by atoms with Crippen LogP contribution in [0.1, 0.15) is 23.0 Å². The number of hydrogen-bond donors (Lipinski definition) is 0. The number of carbonyl (C=O) groups is 1. The number of imidazole rings is 1. The number of hydrogen-bond acceptors (Lipinski definition) is 4. The maximum atomic E-state index is 12.7. The van der Waals surface area contributed by atoms with Gasteiger partial charge in [0.05, 0.1) is 25.5 Å². The molecule has 2 N–H and O–H groups in total. The summed E-state index contributed by atoms with van der Waals surface area (Å²) in [6.45, 7) is 3.21. The summed E-state index contributed by atoms with van der Waals surface area (Å²) >= 11 is 5.96. The number of halogens is 1. The van der Waals surface area contributed by atoms with Gasteiger partial charge in [-0.3, -0.25) is 14.6 Å². The van der Waals surface area contributed by atoms with E-state index in [1.807, 2.05) is 43.1 Å². The fourth-order valence-electron chi connectivity index (χ4n) is 3.05. The molecule has 1 unspecified atom stereocenters. The summed E-state index contributed by atoms with van der Waals surface area (Å²) in [5.41, 5.74) is 1.69. The van der Waals surface area contributed by atoms with Crippen molar-refractivity contribution in [3.05, 3.63) is 46.9 Å². The Morgan fingerprint density at radius 3 is 2.71 bits per heavy atom. The van der Waals surface area contributed by atoms with Crippen molar-refractivity contribution in [1.82, 2.24) is 14.5 Å². The molecule has 2 aromatic rings. The summed E-state index contributed by atoms with van der Waals surface area (Å²) in [5, 5.41) is 0.703. The van der Waals surface area contributed by atoms with Crippen LogP contribution in [-0.2, 0) is 13.6 Å². The summed E-state index contributed by atoms with van der Waals surface area (Å²) in [7, 11) is 1.84. The molecule has 126 valence electrons. The van der Waals surface area contributed by atoms with Crippen molar-refractivity contribution in [2.45, 2.75) is 19.5 Å². The molecule has 2 aliphatic rings. The number of carbonyl (C=O) groups excluding carboxylic acids is 1. The molecule has 2 aliphatic heterocycles. The quantitative estimate of drug-likeness (QED) is 0.824. The van der Waals surface area contributed by atoms with E-state index < -0.39 is 0 Å². The minimum absolute atomic E-state index is 0. The molecule has 24 heavy (non-hydrogen) atoms. The lowest BCUT2D eigenvalue weighted by Crippen LogP contribution is -2.50. The van der Waals surface area contributed by atoms with Gasteiger partial charge >= 0.3 is 0 Å². The Bertz CT molecular complexity index is 814. The molecule has 0 saturated heterocycles. The average Bonchev–Trinajstić information content (AvgIpc) is 3.09. The van der Waals surface area contributed by atoms with E-state index in [-0.39, 0.29) is 17.4 Å². The third kappa shape index (κ3) is 2.46. The number of nitrogens with zero attached hydrogens (tertiary/aromatic N) is 5. The molecular weight excluding hydrogens is 330 g/mol. The first-order chi connectivity index (χ1) is 11.0. The highest BCUT2D eigenvalue weighted by atomic mass is 35.5. The van der Waals surface area contributed by atoms with E-state index in [4.69, 9.17) is 11.6 Å². The first kappa shape index (κ1) is 16.5. The molecule has 0 fully saturated rings. The Morgan fingerprint density at radius 1 is 1.29 bits per heavy atom. The van der Waals surface area contributed by atoms with Crippen molar-refractivity contribution in [3.8, 4) is 0 Å². The van der Waals surface area contributed by atoms with E-state index in [9.17, 15) is 4.79 Å². The second-order valence-electron chi connectivity index (χ2n) is 5.93. The monoisotopic (exact) mass is 347 g/mol. The largest absolute Gasteiger partial charge is 0.412 e. The van der Waals surface area contributed by atoms with Crippen LogP contribution in [0.4, 0.5) is 5.82 Å². The van der Waals surface area contributed by atoms with Gasteiger partial charge in [0.15, 0.2) is 11.5 Å². The summed E-state index contributed by atoms with van der Waals surface area (Å²) in [4.78, 5) is 25.5.